The highest BCUT2D eigenvalue weighted by atomic mass is 16.2. The van der Waals surface area contributed by atoms with Crippen molar-refractivity contribution in [1.29, 1.82) is 5.41 Å². The smallest absolute Gasteiger partial charge is 0.249 e. The van der Waals surface area contributed by atoms with E-state index in [1.54, 1.807) is 6.07 Å². The summed E-state index contributed by atoms with van der Waals surface area (Å²) < 4.78 is 0. The average molecular weight is 422 g/mol. The molecule has 31 heavy (non-hydrogen) atoms. The summed E-state index contributed by atoms with van der Waals surface area (Å²) in [6.07, 6.45) is 0.904. The van der Waals surface area contributed by atoms with Crippen LogP contribution in [-0.4, -0.2) is 48.1 Å². The van der Waals surface area contributed by atoms with Crippen molar-refractivity contribution in [3.63, 3.8) is 0 Å². The maximum atomic E-state index is 12.8. The van der Waals surface area contributed by atoms with Crippen molar-refractivity contribution in [3.05, 3.63) is 65.2 Å². The Morgan fingerprint density at radius 1 is 1.13 bits per heavy atom. The summed E-state index contributed by atoms with van der Waals surface area (Å²) in [7, 11) is 0. The van der Waals surface area contributed by atoms with Gasteiger partial charge in [0.05, 0.1) is 12.3 Å². The lowest BCUT2D eigenvalue weighted by atomic mass is 10.00. The first-order chi connectivity index (χ1) is 14.9. The van der Waals surface area contributed by atoms with Crippen LogP contribution in [0.3, 0.4) is 0 Å². The van der Waals surface area contributed by atoms with Gasteiger partial charge in [0.2, 0.25) is 11.8 Å². The lowest BCUT2D eigenvalue weighted by Crippen LogP contribution is -2.48. The molecule has 1 unspecified atom stereocenters. The number of carbonyl (C=O) groups excluding carboxylic acids is 2. The predicted octanol–water partition coefficient (Wildman–Crippen LogP) is 2.15. The molecule has 1 atom stereocenters. The van der Waals surface area contributed by atoms with Crippen molar-refractivity contribution in [1.82, 2.24) is 10.2 Å². The minimum absolute atomic E-state index is 0.0349. The molecule has 5 N–H and O–H groups in total. The van der Waals surface area contributed by atoms with Crippen LogP contribution in [0, 0.1) is 11.3 Å². The number of hydrogen-bond donors (Lipinski definition) is 4. The van der Waals surface area contributed by atoms with Crippen LogP contribution >= 0.6 is 0 Å². The Kier molecular flexibility index (Phi) is 7.55. The van der Waals surface area contributed by atoms with Gasteiger partial charge in [0.1, 0.15) is 6.04 Å². The van der Waals surface area contributed by atoms with Gasteiger partial charge in [0.25, 0.3) is 0 Å². The zero-order valence-electron chi connectivity index (χ0n) is 18.2. The molecule has 0 aliphatic carbocycles. The fourth-order valence-electron chi connectivity index (χ4n) is 3.78. The van der Waals surface area contributed by atoms with Crippen molar-refractivity contribution >= 4 is 23.2 Å². The first-order valence-electron chi connectivity index (χ1n) is 10.6. The summed E-state index contributed by atoms with van der Waals surface area (Å²) in [4.78, 5) is 27.5. The minimum atomic E-state index is -0.576. The molecule has 1 heterocycles. The lowest BCUT2D eigenvalue weighted by Gasteiger charge is -2.28. The summed E-state index contributed by atoms with van der Waals surface area (Å²) in [5, 5.41) is 13.7. The van der Waals surface area contributed by atoms with E-state index in [0.717, 1.165) is 13.0 Å². The zero-order chi connectivity index (χ0) is 22.4. The zero-order valence-corrected chi connectivity index (χ0v) is 18.2. The van der Waals surface area contributed by atoms with Gasteiger partial charge >= 0.3 is 0 Å². The van der Waals surface area contributed by atoms with Crippen molar-refractivity contribution in [3.8, 4) is 0 Å². The molecule has 0 radical (unpaired) electrons. The molecule has 0 fully saturated rings. The number of anilines is 1. The number of fused-ring (bicyclic) bond motifs is 1. The number of imide groups is 1. The van der Waals surface area contributed by atoms with E-state index in [1.165, 1.54) is 11.1 Å². The van der Waals surface area contributed by atoms with Crippen molar-refractivity contribution < 1.29 is 9.59 Å². The van der Waals surface area contributed by atoms with Crippen molar-refractivity contribution in [2.45, 2.75) is 32.9 Å². The second-order valence-corrected chi connectivity index (χ2v) is 8.27. The van der Waals surface area contributed by atoms with Crippen LogP contribution in [0.4, 0.5) is 5.69 Å². The lowest BCUT2D eigenvalue weighted by molar-refractivity contribution is -0.132. The van der Waals surface area contributed by atoms with Crippen molar-refractivity contribution in [2.75, 3.05) is 25.0 Å². The van der Waals surface area contributed by atoms with Crippen LogP contribution in [0.2, 0.25) is 0 Å². The molecule has 0 saturated heterocycles. The van der Waals surface area contributed by atoms with Crippen LogP contribution in [0.25, 0.3) is 0 Å². The molecular formula is C24H31N5O2. The Hall–Kier alpha value is -3.03. The Morgan fingerprint density at radius 2 is 1.87 bits per heavy atom. The third-order valence-corrected chi connectivity index (χ3v) is 5.53. The number of rotatable bonds is 8. The Morgan fingerprint density at radius 3 is 2.58 bits per heavy atom. The van der Waals surface area contributed by atoms with E-state index in [1.807, 2.05) is 44.2 Å². The highest BCUT2D eigenvalue weighted by Crippen LogP contribution is 2.18. The number of carbonyl (C=O) groups is 2. The maximum absolute atomic E-state index is 12.8. The summed E-state index contributed by atoms with van der Waals surface area (Å²) in [6.45, 7) is 5.69. The van der Waals surface area contributed by atoms with Crippen LogP contribution in [0.15, 0.2) is 48.5 Å². The van der Waals surface area contributed by atoms with E-state index in [2.05, 4.69) is 27.7 Å². The van der Waals surface area contributed by atoms with Gasteiger partial charge in [0, 0.05) is 25.3 Å². The SMILES string of the molecule is CC(C)C(Nc1cccc(C(=N)CN)c1)C(=O)NC(=O)CN1CCc2ccccc2C1. The van der Waals surface area contributed by atoms with E-state index in [-0.39, 0.29) is 30.8 Å². The number of amides is 2. The third-order valence-electron chi connectivity index (χ3n) is 5.53. The number of nitrogens with zero attached hydrogens (tertiary/aromatic N) is 1. The molecule has 0 spiro atoms. The van der Waals surface area contributed by atoms with Crippen molar-refractivity contribution in [2.24, 2.45) is 11.7 Å². The molecule has 3 rings (SSSR count). The largest absolute Gasteiger partial charge is 0.373 e. The molecule has 1 aliphatic rings. The summed E-state index contributed by atoms with van der Waals surface area (Å²) in [5.74, 6) is -0.681. The van der Waals surface area contributed by atoms with E-state index < -0.39 is 6.04 Å². The number of benzene rings is 2. The standard InChI is InChI=1S/C24H31N5O2/c1-16(2)23(27-20-9-5-8-18(12-20)21(26)13-25)24(31)28-22(30)15-29-11-10-17-6-3-4-7-19(17)14-29/h3-9,12,16,23,26-27H,10-11,13-15,25H2,1-2H3,(H,28,30,31). The molecule has 2 amide bonds. The third kappa shape index (κ3) is 5.99. The predicted molar refractivity (Wildman–Crippen MR) is 123 cm³/mol. The maximum Gasteiger partial charge on any atom is 0.249 e. The second-order valence-electron chi connectivity index (χ2n) is 8.27. The van der Waals surface area contributed by atoms with Gasteiger partial charge in [-0.05, 0) is 41.2 Å². The molecule has 2 aromatic rings. The fraction of sp³-hybridized carbons (Fsp3) is 0.375. The monoisotopic (exact) mass is 421 g/mol. The van der Waals surface area contributed by atoms with E-state index >= 15 is 0 Å². The topological polar surface area (TPSA) is 111 Å². The van der Waals surface area contributed by atoms with E-state index in [4.69, 9.17) is 11.1 Å². The molecule has 164 valence electrons. The molecule has 0 saturated carbocycles. The number of nitrogens with two attached hydrogens (primary N) is 1. The van der Waals surface area contributed by atoms with Gasteiger partial charge in [-0.1, -0.05) is 50.2 Å². The second kappa shape index (κ2) is 10.3. The van der Waals surface area contributed by atoms with Gasteiger partial charge in [0.15, 0.2) is 0 Å². The molecule has 7 nitrogen and oxygen atoms in total. The fourth-order valence-corrected chi connectivity index (χ4v) is 3.78. The van der Waals surface area contributed by atoms with Gasteiger partial charge in [-0.15, -0.1) is 0 Å². The van der Waals surface area contributed by atoms with E-state index in [0.29, 0.717) is 23.5 Å². The molecular weight excluding hydrogens is 390 g/mol. The molecule has 1 aliphatic heterocycles. The normalized spacial score (nSPS) is 14.6. The van der Waals surface area contributed by atoms with Crippen LogP contribution in [0.5, 0.6) is 0 Å². The Labute approximate surface area is 183 Å². The van der Waals surface area contributed by atoms with Gasteiger partial charge in [-0.25, -0.2) is 0 Å². The first-order valence-corrected chi connectivity index (χ1v) is 10.6. The highest BCUT2D eigenvalue weighted by Gasteiger charge is 2.25. The highest BCUT2D eigenvalue weighted by molar-refractivity contribution is 6.01. The number of nitrogens with one attached hydrogen (secondary N) is 3. The average Bonchev–Trinajstić information content (AvgIpc) is 2.76. The van der Waals surface area contributed by atoms with Crippen LogP contribution in [-0.2, 0) is 22.6 Å². The quantitative estimate of drug-likeness (QED) is 0.488. The molecule has 0 aromatic heterocycles. The van der Waals surface area contributed by atoms with E-state index in [9.17, 15) is 9.59 Å². The van der Waals surface area contributed by atoms with Gasteiger partial charge < -0.3 is 16.5 Å². The van der Waals surface area contributed by atoms with Crippen LogP contribution in [0.1, 0.15) is 30.5 Å². The summed E-state index contributed by atoms with van der Waals surface area (Å²) in [6, 6.07) is 14.9. The van der Waals surface area contributed by atoms with Gasteiger partial charge in [-0.3, -0.25) is 19.8 Å². The number of hydrogen-bond acceptors (Lipinski definition) is 6. The Balaban J connectivity index is 1.59. The summed E-state index contributed by atoms with van der Waals surface area (Å²) in [5.41, 5.74) is 9.86. The van der Waals surface area contributed by atoms with Crippen LogP contribution < -0.4 is 16.4 Å². The Bertz CT molecular complexity index is 956. The molecule has 0 bridgehead atoms. The van der Waals surface area contributed by atoms with Gasteiger partial charge in [-0.2, -0.15) is 0 Å². The molecule has 7 heteroatoms. The summed E-state index contributed by atoms with van der Waals surface area (Å²) >= 11 is 0. The minimum Gasteiger partial charge on any atom is -0.373 e. The first kappa shape index (κ1) is 22.7. The molecule has 2 aromatic carbocycles.